The van der Waals surface area contributed by atoms with Crippen LogP contribution in [-0.4, -0.2) is 76.6 Å². The molecule has 0 aromatic heterocycles. The van der Waals surface area contributed by atoms with Crippen molar-refractivity contribution in [3.8, 4) is 0 Å². The van der Waals surface area contributed by atoms with Gasteiger partial charge in [0, 0.05) is 33.3 Å². The number of guanidine groups is 1. The van der Waals surface area contributed by atoms with Gasteiger partial charge in [-0.25, -0.2) is 0 Å². The smallest absolute Gasteiger partial charge is 0.191 e. The Labute approximate surface area is 135 Å². The third-order valence-corrected chi connectivity index (χ3v) is 3.85. The number of rotatable bonds is 6. The number of likely N-dealkylation sites (N-methyl/N-ethyl adjacent to an activating group) is 1. The van der Waals surface area contributed by atoms with Gasteiger partial charge in [-0.2, -0.15) is 0 Å². The van der Waals surface area contributed by atoms with Crippen molar-refractivity contribution in [1.29, 1.82) is 0 Å². The molecule has 1 saturated heterocycles. The molecule has 2 N–H and O–H groups in total. The quantitative estimate of drug-likeness (QED) is 0.564. The Balaban J connectivity index is 2.51. The molecule has 2 atom stereocenters. The number of methoxy groups -OCH3 is 1. The van der Waals surface area contributed by atoms with E-state index in [0.717, 1.165) is 38.7 Å². The molecule has 0 radical (unpaired) electrons. The Morgan fingerprint density at radius 3 is 2.68 bits per heavy atom. The molecule has 0 saturated carbocycles. The first-order valence-electron chi connectivity index (χ1n) is 8.22. The van der Waals surface area contributed by atoms with Gasteiger partial charge in [0.2, 0.25) is 0 Å². The molecule has 22 heavy (non-hydrogen) atoms. The Bertz CT molecular complexity index is 342. The molecular weight excluding hydrogens is 280 g/mol. The Morgan fingerprint density at radius 1 is 1.41 bits per heavy atom. The second-order valence-electron chi connectivity index (χ2n) is 6.95. The Kier molecular flexibility index (Phi) is 8.14. The van der Waals surface area contributed by atoms with Crippen molar-refractivity contribution < 1.29 is 9.47 Å². The summed E-state index contributed by atoms with van der Waals surface area (Å²) in [7, 11) is 3.87. The van der Waals surface area contributed by atoms with Crippen LogP contribution in [0.25, 0.3) is 0 Å². The van der Waals surface area contributed by atoms with Crippen LogP contribution < -0.4 is 10.6 Å². The number of nitrogens with zero attached hydrogens (tertiary/aromatic N) is 2. The number of aliphatic imine (C=N–C) groups is 1. The molecule has 1 heterocycles. The standard InChI is InChI=1S/C16H34N4O2/c1-7-17-15(19-11-14(21-6)16(2,3)4)18-10-13-12-20(5)8-9-22-13/h13-14H,7-12H2,1-6H3,(H2,17,18,19). The van der Waals surface area contributed by atoms with Crippen molar-refractivity contribution in [2.24, 2.45) is 10.4 Å². The maximum Gasteiger partial charge on any atom is 0.191 e. The maximum atomic E-state index is 5.77. The minimum absolute atomic E-state index is 0.0742. The molecule has 1 fully saturated rings. The lowest BCUT2D eigenvalue weighted by molar-refractivity contribution is -0.0161. The van der Waals surface area contributed by atoms with E-state index < -0.39 is 0 Å². The van der Waals surface area contributed by atoms with E-state index in [1.165, 1.54) is 0 Å². The summed E-state index contributed by atoms with van der Waals surface area (Å²) >= 11 is 0. The van der Waals surface area contributed by atoms with Gasteiger partial charge in [0.1, 0.15) is 0 Å². The molecule has 1 aliphatic rings. The van der Waals surface area contributed by atoms with Gasteiger partial charge < -0.3 is 25.0 Å². The van der Waals surface area contributed by atoms with Gasteiger partial charge in [-0.05, 0) is 19.4 Å². The van der Waals surface area contributed by atoms with E-state index in [2.05, 4.69) is 55.3 Å². The van der Waals surface area contributed by atoms with Gasteiger partial charge in [-0.3, -0.25) is 4.99 Å². The molecule has 1 rings (SSSR count). The second kappa shape index (κ2) is 9.33. The highest BCUT2D eigenvalue weighted by atomic mass is 16.5. The zero-order chi connectivity index (χ0) is 16.6. The van der Waals surface area contributed by atoms with Crippen LogP contribution >= 0.6 is 0 Å². The summed E-state index contributed by atoms with van der Waals surface area (Å²) < 4.78 is 11.3. The van der Waals surface area contributed by atoms with Gasteiger partial charge in [0.15, 0.2) is 5.96 Å². The lowest BCUT2D eigenvalue weighted by Gasteiger charge is -2.31. The fourth-order valence-corrected chi connectivity index (χ4v) is 2.42. The van der Waals surface area contributed by atoms with Crippen LogP contribution in [0.15, 0.2) is 4.99 Å². The number of ether oxygens (including phenoxy) is 2. The van der Waals surface area contributed by atoms with Crippen LogP contribution in [-0.2, 0) is 9.47 Å². The molecule has 2 unspecified atom stereocenters. The number of nitrogens with one attached hydrogen (secondary N) is 2. The average molecular weight is 314 g/mol. The predicted molar refractivity (Wildman–Crippen MR) is 91.5 cm³/mol. The monoisotopic (exact) mass is 314 g/mol. The van der Waals surface area contributed by atoms with Gasteiger partial charge in [-0.1, -0.05) is 20.8 Å². The molecule has 130 valence electrons. The van der Waals surface area contributed by atoms with E-state index in [1.54, 1.807) is 7.11 Å². The summed E-state index contributed by atoms with van der Waals surface area (Å²) in [4.78, 5) is 6.95. The predicted octanol–water partition coefficient (Wildman–Crippen LogP) is 0.933. The Morgan fingerprint density at radius 2 is 2.14 bits per heavy atom. The van der Waals surface area contributed by atoms with E-state index >= 15 is 0 Å². The van der Waals surface area contributed by atoms with Crippen LogP contribution in [0.4, 0.5) is 0 Å². The van der Waals surface area contributed by atoms with Gasteiger partial charge in [0.05, 0.1) is 25.4 Å². The van der Waals surface area contributed by atoms with Gasteiger partial charge in [-0.15, -0.1) is 0 Å². The summed E-state index contributed by atoms with van der Waals surface area (Å²) in [6.45, 7) is 13.6. The fraction of sp³-hybridized carbons (Fsp3) is 0.938. The topological polar surface area (TPSA) is 58.1 Å². The van der Waals surface area contributed by atoms with Crippen LogP contribution in [0.1, 0.15) is 27.7 Å². The lowest BCUT2D eigenvalue weighted by Crippen LogP contribution is -2.48. The van der Waals surface area contributed by atoms with Gasteiger partial charge >= 0.3 is 0 Å². The van der Waals surface area contributed by atoms with Crippen LogP contribution in [0, 0.1) is 5.41 Å². The second-order valence-corrected chi connectivity index (χ2v) is 6.95. The van der Waals surface area contributed by atoms with E-state index in [9.17, 15) is 0 Å². The van der Waals surface area contributed by atoms with Crippen molar-refractivity contribution in [3.63, 3.8) is 0 Å². The summed E-state index contributed by atoms with van der Waals surface area (Å²) in [6, 6.07) is 0. The number of hydrogen-bond donors (Lipinski definition) is 2. The maximum absolute atomic E-state index is 5.77. The molecular formula is C16H34N4O2. The molecule has 0 bridgehead atoms. The molecule has 0 aliphatic carbocycles. The van der Waals surface area contributed by atoms with Crippen molar-refractivity contribution >= 4 is 5.96 Å². The van der Waals surface area contributed by atoms with Crippen molar-refractivity contribution in [2.45, 2.75) is 39.9 Å². The summed E-state index contributed by atoms with van der Waals surface area (Å²) in [6.07, 6.45) is 0.309. The van der Waals surface area contributed by atoms with Gasteiger partial charge in [0.25, 0.3) is 0 Å². The molecule has 1 aliphatic heterocycles. The van der Waals surface area contributed by atoms with E-state index in [1.807, 2.05) is 0 Å². The third kappa shape index (κ3) is 6.94. The SMILES string of the molecule is CCNC(=NCC(OC)C(C)(C)C)NCC1CN(C)CCO1. The lowest BCUT2D eigenvalue weighted by atomic mass is 9.89. The molecule has 0 aromatic carbocycles. The molecule has 0 amide bonds. The molecule has 0 aromatic rings. The van der Waals surface area contributed by atoms with E-state index in [0.29, 0.717) is 6.54 Å². The van der Waals surface area contributed by atoms with E-state index in [4.69, 9.17) is 9.47 Å². The minimum atomic E-state index is 0.0742. The van der Waals surface area contributed by atoms with Crippen molar-refractivity contribution in [3.05, 3.63) is 0 Å². The summed E-state index contributed by atoms with van der Waals surface area (Å²) in [5.41, 5.74) is 0.0742. The highest BCUT2D eigenvalue weighted by Crippen LogP contribution is 2.21. The minimum Gasteiger partial charge on any atom is -0.379 e. The molecule has 0 spiro atoms. The highest BCUT2D eigenvalue weighted by Gasteiger charge is 2.24. The van der Waals surface area contributed by atoms with Crippen molar-refractivity contribution in [2.75, 3.05) is 53.5 Å². The summed E-state index contributed by atoms with van der Waals surface area (Å²) in [5.74, 6) is 0.825. The fourth-order valence-electron chi connectivity index (χ4n) is 2.42. The summed E-state index contributed by atoms with van der Waals surface area (Å²) in [5, 5.41) is 6.65. The third-order valence-electron chi connectivity index (χ3n) is 3.85. The first-order chi connectivity index (χ1) is 10.4. The first-order valence-corrected chi connectivity index (χ1v) is 8.22. The first kappa shape index (κ1) is 19.2. The average Bonchev–Trinajstić information content (AvgIpc) is 2.44. The highest BCUT2D eigenvalue weighted by molar-refractivity contribution is 5.79. The normalized spacial score (nSPS) is 22.5. The molecule has 6 nitrogen and oxygen atoms in total. The van der Waals surface area contributed by atoms with Crippen LogP contribution in [0.3, 0.4) is 0 Å². The number of morpholine rings is 1. The largest absolute Gasteiger partial charge is 0.379 e. The number of hydrogen-bond acceptors (Lipinski definition) is 4. The van der Waals surface area contributed by atoms with E-state index in [-0.39, 0.29) is 17.6 Å². The van der Waals surface area contributed by atoms with Crippen LogP contribution in [0.5, 0.6) is 0 Å². The zero-order valence-corrected chi connectivity index (χ0v) is 15.1. The van der Waals surface area contributed by atoms with Crippen molar-refractivity contribution in [1.82, 2.24) is 15.5 Å². The zero-order valence-electron chi connectivity index (χ0n) is 15.1. The Hall–Kier alpha value is -0.850. The van der Waals surface area contributed by atoms with Crippen LogP contribution in [0.2, 0.25) is 0 Å². The molecule has 6 heteroatoms.